The Bertz CT molecular complexity index is 473. The average molecular weight is 230 g/mol. The van der Waals surface area contributed by atoms with Crippen LogP contribution in [0, 0.1) is 0 Å². The van der Waals surface area contributed by atoms with Gasteiger partial charge in [-0.1, -0.05) is 37.6 Å². The number of aromatic nitrogens is 2. The molecule has 0 saturated carbocycles. The summed E-state index contributed by atoms with van der Waals surface area (Å²) in [7, 11) is 1.84. The van der Waals surface area contributed by atoms with Crippen molar-refractivity contribution in [3.8, 4) is 0 Å². The summed E-state index contributed by atoms with van der Waals surface area (Å²) in [5, 5.41) is 14.3. The van der Waals surface area contributed by atoms with Crippen LogP contribution in [-0.2, 0) is 13.5 Å². The minimum absolute atomic E-state index is 0.599. The van der Waals surface area contributed by atoms with Crippen LogP contribution < -0.4 is 0 Å². The lowest BCUT2D eigenvalue weighted by Gasteiger charge is -2.12. The molecule has 2 aromatic rings. The van der Waals surface area contributed by atoms with E-state index in [1.165, 1.54) is 5.56 Å². The smallest absolute Gasteiger partial charge is 0.121 e. The van der Waals surface area contributed by atoms with Crippen molar-refractivity contribution in [3.63, 3.8) is 0 Å². The summed E-state index contributed by atoms with van der Waals surface area (Å²) in [5.41, 5.74) is 3.04. The topological polar surface area (TPSA) is 38.1 Å². The molecule has 0 bridgehead atoms. The average Bonchev–Trinajstić information content (AvgIpc) is 2.76. The van der Waals surface area contributed by atoms with Crippen LogP contribution in [-0.4, -0.2) is 14.9 Å². The molecule has 0 amide bonds. The Morgan fingerprint density at radius 2 is 1.94 bits per heavy atom. The van der Waals surface area contributed by atoms with Gasteiger partial charge in [-0.25, -0.2) is 0 Å². The molecule has 2 rings (SSSR count). The van der Waals surface area contributed by atoms with Crippen LogP contribution in [0.2, 0.25) is 0 Å². The molecule has 1 aromatic heterocycles. The maximum atomic E-state index is 10.2. The van der Waals surface area contributed by atoms with Crippen molar-refractivity contribution >= 4 is 0 Å². The SMILES string of the molecule is CCCc1ccc(C(O)c2ccnn2C)cc1. The molecule has 0 aliphatic carbocycles. The van der Waals surface area contributed by atoms with E-state index < -0.39 is 6.10 Å². The number of hydrogen-bond donors (Lipinski definition) is 1. The second-order valence-electron chi connectivity index (χ2n) is 4.27. The molecule has 0 aliphatic heterocycles. The highest BCUT2D eigenvalue weighted by atomic mass is 16.3. The fourth-order valence-electron chi connectivity index (χ4n) is 1.98. The molecule has 0 fully saturated rings. The number of aliphatic hydroxyl groups excluding tert-OH is 1. The summed E-state index contributed by atoms with van der Waals surface area (Å²) < 4.78 is 1.70. The summed E-state index contributed by atoms with van der Waals surface area (Å²) in [4.78, 5) is 0. The van der Waals surface area contributed by atoms with Crippen molar-refractivity contribution in [2.24, 2.45) is 7.05 Å². The standard InChI is InChI=1S/C14H18N2O/c1-3-4-11-5-7-12(8-6-11)14(17)13-9-10-15-16(13)2/h5-10,14,17H,3-4H2,1-2H3. The molecule has 90 valence electrons. The van der Waals surface area contributed by atoms with Crippen molar-refractivity contribution in [2.75, 3.05) is 0 Å². The Labute approximate surface area is 102 Å². The lowest BCUT2D eigenvalue weighted by atomic mass is 10.0. The van der Waals surface area contributed by atoms with Gasteiger partial charge in [0.1, 0.15) is 6.10 Å². The van der Waals surface area contributed by atoms with E-state index in [2.05, 4.69) is 24.2 Å². The Kier molecular flexibility index (Phi) is 3.59. The van der Waals surface area contributed by atoms with Crippen molar-refractivity contribution in [1.82, 2.24) is 9.78 Å². The van der Waals surface area contributed by atoms with E-state index in [4.69, 9.17) is 0 Å². The summed E-state index contributed by atoms with van der Waals surface area (Å²) in [6, 6.07) is 9.98. The van der Waals surface area contributed by atoms with Gasteiger partial charge in [-0.05, 0) is 23.6 Å². The molecule has 3 heteroatoms. The van der Waals surface area contributed by atoms with Gasteiger partial charge in [-0.2, -0.15) is 5.10 Å². The quantitative estimate of drug-likeness (QED) is 0.876. The van der Waals surface area contributed by atoms with Crippen LogP contribution >= 0.6 is 0 Å². The van der Waals surface area contributed by atoms with Gasteiger partial charge >= 0.3 is 0 Å². The Balaban J connectivity index is 2.20. The zero-order valence-electron chi connectivity index (χ0n) is 10.3. The van der Waals surface area contributed by atoms with E-state index in [0.717, 1.165) is 24.1 Å². The van der Waals surface area contributed by atoms with E-state index >= 15 is 0 Å². The maximum Gasteiger partial charge on any atom is 0.121 e. The van der Waals surface area contributed by atoms with Crippen LogP contribution in [0.1, 0.15) is 36.3 Å². The van der Waals surface area contributed by atoms with Gasteiger partial charge < -0.3 is 5.11 Å². The highest BCUT2D eigenvalue weighted by molar-refractivity contribution is 5.28. The van der Waals surface area contributed by atoms with Gasteiger partial charge in [-0.15, -0.1) is 0 Å². The van der Waals surface area contributed by atoms with E-state index in [1.807, 2.05) is 25.2 Å². The maximum absolute atomic E-state index is 10.2. The zero-order chi connectivity index (χ0) is 12.3. The molecule has 0 radical (unpaired) electrons. The number of aryl methyl sites for hydroxylation is 2. The fourth-order valence-corrected chi connectivity index (χ4v) is 1.98. The molecule has 1 aromatic carbocycles. The van der Waals surface area contributed by atoms with Gasteiger partial charge in [0.05, 0.1) is 5.69 Å². The summed E-state index contributed by atoms with van der Waals surface area (Å²) >= 11 is 0. The first-order chi connectivity index (χ1) is 8.22. The lowest BCUT2D eigenvalue weighted by Crippen LogP contribution is -2.06. The summed E-state index contributed by atoms with van der Waals surface area (Å²) in [6.45, 7) is 2.17. The van der Waals surface area contributed by atoms with Gasteiger partial charge in [-0.3, -0.25) is 4.68 Å². The first-order valence-corrected chi connectivity index (χ1v) is 5.97. The predicted molar refractivity (Wildman–Crippen MR) is 67.7 cm³/mol. The molecule has 0 aliphatic rings. The van der Waals surface area contributed by atoms with Gasteiger partial charge in [0.15, 0.2) is 0 Å². The van der Waals surface area contributed by atoms with Crippen LogP contribution in [0.4, 0.5) is 0 Å². The van der Waals surface area contributed by atoms with Crippen LogP contribution in [0.15, 0.2) is 36.5 Å². The number of benzene rings is 1. The van der Waals surface area contributed by atoms with Crippen molar-refractivity contribution < 1.29 is 5.11 Å². The van der Waals surface area contributed by atoms with Crippen LogP contribution in [0.5, 0.6) is 0 Å². The molecular weight excluding hydrogens is 212 g/mol. The number of aliphatic hydroxyl groups is 1. The second kappa shape index (κ2) is 5.15. The third kappa shape index (κ3) is 2.56. The summed E-state index contributed by atoms with van der Waals surface area (Å²) in [5.74, 6) is 0. The Morgan fingerprint density at radius 3 is 2.47 bits per heavy atom. The third-order valence-corrected chi connectivity index (χ3v) is 2.97. The van der Waals surface area contributed by atoms with Crippen LogP contribution in [0.25, 0.3) is 0 Å². The molecule has 3 nitrogen and oxygen atoms in total. The molecule has 0 spiro atoms. The van der Waals surface area contributed by atoms with Gasteiger partial charge in [0.2, 0.25) is 0 Å². The monoisotopic (exact) mass is 230 g/mol. The van der Waals surface area contributed by atoms with E-state index in [0.29, 0.717) is 0 Å². The third-order valence-electron chi connectivity index (χ3n) is 2.97. The largest absolute Gasteiger partial charge is 0.382 e. The molecule has 0 saturated heterocycles. The minimum Gasteiger partial charge on any atom is -0.382 e. The molecule has 1 unspecified atom stereocenters. The number of nitrogens with zero attached hydrogens (tertiary/aromatic N) is 2. The Morgan fingerprint density at radius 1 is 1.24 bits per heavy atom. The molecule has 1 N–H and O–H groups in total. The number of rotatable bonds is 4. The molecular formula is C14H18N2O. The Hall–Kier alpha value is -1.61. The molecule has 1 atom stereocenters. The van der Waals surface area contributed by atoms with Crippen molar-refractivity contribution in [3.05, 3.63) is 53.3 Å². The fraction of sp³-hybridized carbons (Fsp3) is 0.357. The van der Waals surface area contributed by atoms with Gasteiger partial charge in [0.25, 0.3) is 0 Å². The first-order valence-electron chi connectivity index (χ1n) is 5.97. The minimum atomic E-state index is -0.599. The second-order valence-corrected chi connectivity index (χ2v) is 4.27. The van der Waals surface area contributed by atoms with Crippen molar-refractivity contribution in [2.45, 2.75) is 25.9 Å². The number of hydrogen-bond acceptors (Lipinski definition) is 2. The normalized spacial score (nSPS) is 12.6. The van der Waals surface area contributed by atoms with E-state index in [1.54, 1.807) is 10.9 Å². The molecule has 17 heavy (non-hydrogen) atoms. The van der Waals surface area contributed by atoms with E-state index in [-0.39, 0.29) is 0 Å². The zero-order valence-corrected chi connectivity index (χ0v) is 10.3. The predicted octanol–water partition coefficient (Wildman–Crippen LogP) is 2.45. The highest BCUT2D eigenvalue weighted by Gasteiger charge is 2.13. The highest BCUT2D eigenvalue weighted by Crippen LogP contribution is 2.21. The summed E-state index contributed by atoms with van der Waals surface area (Å²) in [6.07, 6.45) is 3.33. The van der Waals surface area contributed by atoms with Crippen molar-refractivity contribution in [1.29, 1.82) is 0 Å². The molecule has 1 heterocycles. The van der Waals surface area contributed by atoms with Crippen LogP contribution in [0.3, 0.4) is 0 Å². The van der Waals surface area contributed by atoms with E-state index in [9.17, 15) is 5.11 Å². The lowest BCUT2D eigenvalue weighted by molar-refractivity contribution is 0.209. The first kappa shape index (κ1) is 11.9. The van der Waals surface area contributed by atoms with Gasteiger partial charge in [0, 0.05) is 13.2 Å².